The number of hydrogen-bond donors (Lipinski definition) is 1. The Bertz CT molecular complexity index is 569. The lowest BCUT2D eigenvalue weighted by atomic mass is 10.2. The summed E-state index contributed by atoms with van der Waals surface area (Å²) in [5, 5.41) is 13.0. The van der Waals surface area contributed by atoms with Gasteiger partial charge in [-0.25, -0.2) is 0 Å². The van der Waals surface area contributed by atoms with E-state index in [1.807, 2.05) is 12.1 Å². The number of benzene rings is 1. The van der Waals surface area contributed by atoms with Crippen molar-refractivity contribution in [3.63, 3.8) is 0 Å². The predicted molar refractivity (Wildman–Crippen MR) is 69.9 cm³/mol. The van der Waals surface area contributed by atoms with Crippen LogP contribution >= 0.6 is 11.6 Å². The Morgan fingerprint density at radius 1 is 1.37 bits per heavy atom. The molecule has 100 valence electrons. The summed E-state index contributed by atoms with van der Waals surface area (Å²) >= 11 is 5.89. The number of aliphatic carboxylic acids is 1. The van der Waals surface area contributed by atoms with Crippen molar-refractivity contribution in [2.75, 3.05) is 0 Å². The van der Waals surface area contributed by atoms with E-state index in [1.54, 1.807) is 12.1 Å². The Kier molecular flexibility index (Phi) is 4.52. The van der Waals surface area contributed by atoms with Crippen molar-refractivity contribution in [3.8, 4) is 11.4 Å². The molecule has 6 heteroatoms. The van der Waals surface area contributed by atoms with Gasteiger partial charge < -0.3 is 9.63 Å². The van der Waals surface area contributed by atoms with Crippen LogP contribution in [-0.4, -0.2) is 21.2 Å². The number of halogens is 1. The van der Waals surface area contributed by atoms with Crippen LogP contribution in [0.5, 0.6) is 0 Å². The van der Waals surface area contributed by atoms with Crippen LogP contribution in [-0.2, 0) is 11.2 Å². The molecule has 0 amide bonds. The van der Waals surface area contributed by atoms with Crippen molar-refractivity contribution in [1.29, 1.82) is 0 Å². The van der Waals surface area contributed by atoms with Crippen LogP contribution in [0.25, 0.3) is 11.4 Å². The molecule has 0 aliphatic carbocycles. The Balaban J connectivity index is 1.94. The van der Waals surface area contributed by atoms with Crippen LogP contribution in [0.2, 0.25) is 5.02 Å². The number of carboxylic acid groups (broad SMARTS) is 1. The monoisotopic (exact) mass is 280 g/mol. The summed E-state index contributed by atoms with van der Waals surface area (Å²) in [5.41, 5.74) is 0.799. The second-order valence-corrected chi connectivity index (χ2v) is 4.56. The molecule has 5 nitrogen and oxygen atoms in total. The molecule has 0 aliphatic rings. The molecule has 2 aromatic rings. The van der Waals surface area contributed by atoms with Gasteiger partial charge in [0.1, 0.15) is 0 Å². The third-order valence-electron chi connectivity index (χ3n) is 2.58. The van der Waals surface area contributed by atoms with E-state index in [9.17, 15) is 4.79 Å². The topological polar surface area (TPSA) is 76.2 Å². The van der Waals surface area contributed by atoms with Crippen molar-refractivity contribution in [2.24, 2.45) is 0 Å². The van der Waals surface area contributed by atoms with Crippen molar-refractivity contribution in [2.45, 2.75) is 25.7 Å². The SMILES string of the molecule is O=C(O)CCCCc1nc(-c2cccc(Cl)c2)no1. The van der Waals surface area contributed by atoms with Crippen molar-refractivity contribution >= 4 is 17.6 Å². The zero-order chi connectivity index (χ0) is 13.7. The van der Waals surface area contributed by atoms with Crippen LogP contribution < -0.4 is 0 Å². The molecule has 1 heterocycles. The highest BCUT2D eigenvalue weighted by atomic mass is 35.5. The maximum atomic E-state index is 10.4. The summed E-state index contributed by atoms with van der Waals surface area (Å²) < 4.78 is 5.11. The van der Waals surface area contributed by atoms with Gasteiger partial charge in [-0.1, -0.05) is 28.9 Å². The van der Waals surface area contributed by atoms with E-state index in [2.05, 4.69) is 10.1 Å². The molecular weight excluding hydrogens is 268 g/mol. The Morgan fingerprint density at radius 3 is 2.95 bits per heavy atom. The van der Waals surface area contributed by atoms with E-state index in [0.717, 1.165) is 5.56 Å². The van der Waals surface area contributed by atoms with E-state index in [4.69, 9.17) is 21.2 Å². The largest absolute Gasteiger partial charge is 0.481 e. The molecule has 0 fully saturated rings. The lowest BCUT2D eigenvalue weighted by Crippen LogP contribution is -1.95. The molecule has 0 saturated carbocycles. The molecule has 19 heavy (non-hydrogen) atoms. The van der Waals surface area contributed by atoms with Gasteiger partial charge >= 0.3 is 5.97 Å². The maximum absolute atomic E-state index is 10.4. The molecule has 0 spiro atoms. The minimum absolute atomic E-state index is 0.162. The second kappa shape index (κ2) is 6.33. The van der Waals surface area contributed by atoms with Crippen LogP contribution in [0.3, 0.4) is 0 Å². The molecular formula is C13H13ClN2O3. The first-order chi connectivity index (χ1) is 9.15. The smallest absolute Gasteiger partial charge is 0.303 e. The highest BCUT2D eigenvalue weighted by molar-refractivity contribution is 6.30. The second-order valence-electron chi connectivity index (χ2n) is 4.12. The van der Waals surface area contributed by atoms with Crippen molar-refractivity contribution in [1.82, 2.24) is 10.1 Å². The van der Waals surface area contributed by atoms with E-state index in [0.29, 0.717) is 36.0 Å². The van der Waals surface area contributed by atoms with Crippen LogP contribution in [0.15, 0.2) is 28.8 Å². The third kappa shape index (κ3) is 4.06. The molecule has 0 bridgehead atoms. The number of hydrogen-bond acceptors (Lipinski definition) is 4. The van der Waals surface area contributed by atoms with Gasteiger partial charge in [-0.05, 0) is 25.0 Å². The van der Waals surface area contributed by atoms with Gasteiger partial charge in [-0.15, -0.1) is 0 Å². The van der Waals surface area contributed by atoms with Gasteiger partial charge in [0.05, 0.1) is 0 Å². The summed E-state index contributed by atoms with van der Waals surface area (Å²) in [6, 6.07) is 7.21. The number of carboxylic acids is 1. The Labute approximate surface area is 115 Å². The molecule has 0 unspecified atom stereocenters. The van der Waals surface area contributed by atoms with Gasteiger partial charge in [0.15, 0.2) is 0 Å². The number of aryl methyl sites for hydroxylation is 1. The van der Waals surface area contributed by atoms with Gasteiger partial charge in [0.25, 0.3) is 0 Å². The number of nitrogens with zero attached hydrogens (tertiary/aromatic N) is 2. The molecule has 0 aliphatic heterocycles. The molecule has 1 N–H and O–H groups in total. The van der Waals surface area contributed by atoms with Gasteiger partial charge in [0, 0.05) is 23.4 Å². The molecule has 0 atom stereocenters. The predicted octanol–water partition coefficient (Wildman–Crippen LogP) is 3.19. The average molecular weight is 281 g/mol. The van der Waals surface area contributed by atoms with Crippen LogP contribution in [0.4, 0.5) is 0 Å². The minimum Gasteiger partial charge on any atom is -0.481 e. The standard InChI is InChI=1S/C13H13ClN2O3/c14-10-5-3-4-9(8-10)13-15-11(19-16-13)6-1-2-7-12(17)18/h3-5,8H,1-2,6-7H2,(H,17,18). The molecule has 1 aromatic carbocycles. The fourth-order valence-corrected chi connectivity index (χ4v) is 1.84. The summed E-state index contributed by atoms with van der Waals surface area (Å²) in [6.45, 7) is 0. The lowest BCUT2D eigenvalue weighted by molar-refractivity contribution is -0.137. The third-order valence-corrected chi connectivity index (χ3v) is 2.82. The van der Waals surface area contributed by atoms with Gasteiger partial charge in [0.2, 0.25) is 11.7 Å². The number of unbranched alkanes of at least 4 members (excludes halogenated alkanes) is 1. The van der Waals surface area contributed by atoms with Crippen LogP contribution in [0, 0.1) is 0 Å². The summed E-state index contributed by atoms with van der Waals surface area (Å²) in [6.07, 6.45) is 2.06. The fraction of sp³-hybridized carbons (Fsp3) is 0.308. The fourth-order valence-electron chi connectivity index (χ4n) is 1.65. The van der Waals surface area contributed by atoms with Crippen molar-refractivity contribution < 1.29 is 14.4 Å². The Hall–Kier alpha value is -1.88. The normalized spacial score (nSPS) is 10.6. The highest BCUT2D eigenvalue weighted by Crippen LogP contribution is 2.20. The summed E-state index contributed by atoms with van der Waals surface area (Å²) in [5.74, 6) is 0.223. The van der Waals surface area contributed by atoms with Gasteiger partial charge in [-0.2, -0.15) is 4.98 Å². The Morgan fingerprint density at radius 2 is 2.21 bits per heavy atom. The first kappa shape index (κ1) is 13.5. The number of carbonyl (C=O) groups is 1. The quantitative estimate of drug-likeness (QED) is 0.822. The maximum Gasteiger partial charge on any atom is 0.303 e. The highest BCUT2D eigenvalue weighted by Gasteiger charge is 2.09. The van der Waals surface area contributed by atoms with Crippen LogP contribution in [0.1, 0.15) is 25.2 Å². The number of rotatable bonds is 6. The number of aromatic nitrogens is 2. The first-order valence-electron chi connectivity index (χ1n) is 5.95. The van der Waals surface area contributed by atoms with E-state index >= 15 is 0 Å². The zero-order valence-corrected chi connectivity index (χ0v) is 10.9. The molecule has 2 rings (SSSR count). The summed E-state index contributed by atoms with van der Waals surface area (Å²) in [7, 11) is 0. The van der Waals surface area contributed by atoms with Crippen molar-refractivity contribution in [3.05, 3.63) is 35.2 Å². The lowest BCUT2D eigenvalue weighted by Gasteiger charge is -1.94. The molecule has 1 aromatic heterocycles. The van der Waals surface area contributed by atoms with E-state index in [-0.39, 0.29) is 6.42 Å². The summed E-state index contributed by atoms with van der Waals surface area (Å²) in [4.78, 5) is 14.6. The van der Waals surface area contributed by atoms with E-state index in [1.165, 1.54) is 0 Å². The first-order valence-corrected chi connectivity index (χ1v) is 6.33. The molecule has 0 radical (unpaired) electrons. The van der Waals surface area contributed by atoms with E-state index < -0.39 is 5.97 Å². The zero-order valence-electron chi connectivity index (χ0n) is 10.2. The minimum atomic E-state index is -0.787. The average Bonchev–Trinajstić information content (AvgIpc) is 2.83. The van der Waals surface area contributed by atoms with Gasteiger partial charge in [-0.3, -0.25) is 4.79 Å². The molecule has 0 saturated heterocycles.